The molecule has 19 heavy (non-hydrogen) atoms. The Morgan fingerprint density at radius 2 is 2.11 bits per heavy atom. The summed E-state index contributed by atoms with van der Waals surface area (Å²) >= 11 is 0. The third-order valence-electron chi connectivity index (χ3n) is 3.44. The predicted molar refractivity (Wildman–Crippen MR) is 74.8 cm³/mol. The van der Waals surface area contributed by atoms with Gasteiger partial charge in [0.25, 0.3) is 5.69 Å². The van der Waals surface area contributed by atoms with E-state index in [1.165, 1.54) is 25.3 Å². The van der Waals surface area contributed by atoms with Gasteiger partial charge < -0.3 is 10.1 Å². The van der Waals surface area contributed by atoms with Gasteiger partial charge in [0, 0.05) is 6.04 Å². The van der Waals surface area contributed by atoms with Crippen LogP contribution in [0.2, 0.25) is 0 Å². The molecule has 1 aromatic rings. The largest absolute Gasteiger partial charge is 0.494 e. The standard InChI is InChI=1S/C14H20N2O3/c1-2-19-12-8-9-13(14(10-12)16(17)18)15-11-6-4-3-5-7-11/h8-11,15H,2-7H2,1H3. The second kappa shape index (κ2) is 6.41. The van der Waals surface area contributed by atoms with Crippen molar-refractivity contribution in [1.29, 1.82) is 0 Å². The lowest BCUT2D eigenvalue weighted by Gasteiger charge is -2.23. The summed E-state index contributed by atoms with van der Waals surface area (Å²) in [5.74, 6) is 0.545. The zero-order valence-corrected chi connectivity index (χ0v) is 11.2. The Hall–Kier alpha value is -1.78. The molecule has 0 atom stereocenters. The molecule has 104 valence electrons. The van der Waals surface area contributed by atoms with E-state index in [0.717, 1.165) is 12.8 Å². The average Bonchev–Trinajstić information content (AvgIpc) is 2.42. The number of rotatable bonds is 5. The molecule has 0 bridgehead atoms. The fourth-order valence-corrected chi connectivity index (χ4v) is 2.51. The molecule has 5 heteroatoms. The van der Waals surface area contributed by atoms with Crippen molar-refractivity contribution in [2.75, 3.05) is 11.9 Å². The summed E-state index contributed by atoms with van der Waals surface area (Å²) < 4.78 is 5.31. The van der Waals surface area contributed by atoms with Gasteiger partial charge in [0.2, 0.25) is 0 Å². The molecule has 1 aromatic carbocycles. The number of ether oxygens (including phenoxy) is 1. The fraction of sp³-hybridized carbons (Fsp3) is 0.571. The number of anilines is 1. The van der Waals surface area contributed by atoms with E-state index < -0.39 is 0 Å². The molecule has 5 nitrogen and oxygen atoms in total. The molecule has 1 aliphatic rings. The van der Waals surface area contributed by atoms with Crippen LogP contribution < -0.4 is 10.1 Å². The van der Waals surface area contributed by atoms with E-state index in [1.54, 1.807) is 12.1 Å². The van der Waals surface area contributed by atoms with Crippen LogP contribution in [-0.2, 0) is 0 Å². The van der Waals surface area contributed by atoms with Crippen LogP contribution in [0.1, 0.15) is 39.0 Å². The summed E-state index contributed by atoms with van der Waals surface area (Å²) in [5, 5.41) is 14.4. The van der Waals surface area contributed by atoms with Crippen molar-refractivity contribution in [3.05, 3.63) is 28.3 Å². The third-order valence-corrected chi connectivity index (χ3v) is 3.44. The molecule has 0 saturated heterocycles. The number of benzene rings is 1. The number of nitro benzene ring substituents is 1. The monoisotopic (exact) mass is 264 g/mol. The highest BCUT2D eigenvalue weighted by atomic mass is 16.6. The minimum absolute atomic E-state index is 0.0940. The summed E-state index contributed by atoms with van der Waals surface area (Å²) in [4.78, 5) is 10.8. The van der Waals surface area contributed by atoms with E-state index in [1.807, 2.05) is 6.92 Å². The average molecular weight is 264 g/mol. The maximum Gasteiger partial charge on any atom is 0.296 e. The van der Waals surface area contributed by atoms with Crippen molar-refractivity contribution in [2.24, 2.45) is 0 Å². The van der Waals surface area contributed by atoms with Gasteiger partial charge in [-0.25, -0.2) is 0 Å². The maximum atomic E-state index is 11.1. The van der Waals surface area contributed by atoms with E-state index in [2.05, 4.69) is 5.32 Å². The van der Waals surface area contributed by atoms with Crippen molar-refractivity contribution >= 4 is 11.4 Å². The number of nitrogens with zero attached hydrogens (tertiary/aromatic N) is 1. The Morgan fingerprint density at radius 3 is 2.74 bits per heavy atom. The quantitative estimate of drug-likeness (QED) is 0.650. The lowest BCUT2D eigenvalue weighted by atomic mass is 9.95. The second-order valence-corrected chi connectivity index (χ2v) is 4.85. The van der Waals surface area contributed by atoms with Gasteiger partial charge in [-0.05, 0) is 31.9 Å². The van der Waals surface area contributed by atoms with Crippen molar-refractivity contribution in [1.82, 2.24) is 0 Å². The Bertz CT molecular complexity index is 442. The molecule has 0 amide bonds. The second-order valence-electron chi connectivity index (χ2n) is 4.85. The number of hydrogen-bond donors (Lipinski definition) is 1. The molecule has 0 heterocycles. The van der Waals surface area contributed by atoms with Crippen molar-refractivity contribution in [3.63, 3.8) is 0 Å². The van der Waals surface area contributed by atoms with Crippen LogP contribution in [0.25, 0.3) is 0 Å². The number of nitrogens with one attached hydrogen (secondary N) is 1. The summed E-state index contributed by atoms with van der Waals surface area (Å²) in [6.07, 6.45) is 5.84. The summed E-state index contributed by atoms with van der Waals surface area (Å²) in [6.45, 7) is 2.37. The van der Waals surface area contributed by atoms with Crippen LogP contribution in [0.4, 0.5) is 11.4 Å². The summed E-state index contributed by atoms with van der Waals surface area (Å²) in [5.41, 5.74) is 0.692. The highest BCUT2D eigenvalue weighted by molar-refractivity contribution is 5.64. The van der Waals surface area contributed by atoms with Gasteiger partial charge in [0.15, 0.2) is 0 Å². The molecule has 0 unspecified atom stereocenters. The summed E-state index contributed by atoms with van der Waals surface area (Å²) in [6, 6.07) is 5.37. The smallest absolute Gasteiger partial charge is 0.296 e. The van der Waals surface area contributed by atoms with Gasteiger partial charge in [0.1, 0.15) is 11.4 Å². The van der Waals surface area contributed by atoms with Crippen LogP contribution in [0.15, 0.2) is 18.2 Å². The molecular weight excluding hydrogens is 244 g/mol. The van der Waals surface area contributed by atoms with E-state index in [0.29, 0.717) is 24.1 Å². The highest BCUT2D eigenvalue weighted by Crippen LogP contribution is 2.31. The van der Waals surface area contributed by atoms with Gasteiger partial charge in [-0.3, -0.25) is 10.1 Å². The zero-order valence-electron chi connectivity index (χ0n) is 11.2. The van der Waals surface area contributed by atoms with Crippen LogP contribution in [0, 0.1) is 10.1 Å². The minimum atomic E-state index is -0.353. The van der Waals surface area contributed by atoms with Crippen molar-refractivity contribution < 1.29 is 9.66 Å². The lowest BCUT2D eigenvalue weighted by molar-refractivity contribution is -0.384. The maximum absolute atomic E-state index is 11.1. The first-order valence-electron chi connectivity index (χ1n) is 6.88. The van der Waals surface area contributed by atoms with Crippen LogP contribution in [0.3, 0.4) is 0 Å². The van der Waals surface area contributed by atoms with Gasteiger partial charge >= 0.3 is 0 Å². The van der Waals surface area contributed by atoms with Gasteiger partial charge in [0.05, 0.1) is 17.6 Å². The predicted octanol–water partition coefficient (Wildman–Crippen LogP) is 3.74. The molecule has 0 aromatic heterocycles. The summed E-state index contributed by atoms with van der Waals surface area (Å²) in [7, 11) is 0. The van der Waals surface area contributed by atoms with Gasteiger partial charge in [-0.2, -0.15) is 0 Å². The molecular formula is C14H20N2O3. The van der Waals surface area contributed by atoms with E-state index >= 15 is 0 Å². The first kappa shape index (κ1) is 13.6. The molecule has 1 saturated carbocycles. The van der Waals surface area contributed by atoms with Crippen LogP contribution in [0.5, 0.6) is 5.75 Å². The first-order chi connectivity index (χ1) is 9.20. The normalized spacial score (nSPS) is 16.1. The van der Waals surface area contributed by atoms with Crippen molar-refractivity contribution in [3.8, 4) is 5.75 Å². The Morgan fingerprint density at radius 1 is 1.37 bits per heavy atom. The molecule has 0 spiro atoms. The first-order valence-corrected chi connectivity index (χ1v) is 6.88. The molecule has 1 fully saturated rings. The zero-order chi connectivity index (χ0) is 13.7. The van der Waals surface area contributed by atoms with E-state index in [-0.39, 0.29) is 10.6 Å². The highest BCUT2D eigenvalue weighted by Gasteiger charge is 2.19. The Labute approximate surface area is 113 Å². The Balaban J connectivity index is 2.15. The molecule has 0 aliphatic heterocycles. The SMILES string of the molecule is CCOc1ccc(NC2CCCCC2)c([N+](=O)[O-])c1. The van der Waals surface area contributed by atoms with Gasteiger partial charge in [-0.1, -0.05) is 19.3 Å². The number of nitro groups is 1. The van der Waals surface area contributed by atoms with Crippen LogP contribution >= 0.6 is 0 Å². The lowest BCUT2D eigenvalue weighted by Crippen LogP contribution is -2.22. The molecule has 2 rings (SSSR count). The molecule has 0 radical (unpaired) electrons. The molecule has 1 N–H and O–H groups in total. The number of hydrogen-bond acceptors (Lipinski definition) is 4. The Kier molecular flexibility index (Phi) is 4.60. The van der Waals surface area contributed by atoms with Crippen molar-refractivity contribution in [2.45, 2.75) is 45.1 Å². The third kappa shape index (κ3) is 3.59. The topological polar surface area (TPSA) is 64.4 Å². The minimum Gasteiger partial charge on any atom is -0.494 e. The van der Waals surface area contributed by atoms with Crippen LogP contribution in [-0.4, -0.2) is 17.6 Å². The molecule has 1 aliphatic carbocycles. The van der Waals surface area contributed by atoms with E-state index in [9.17, 15) is 10.1 Å². The fourth-order valence-electron chi connectivity index (χ4n) is 2.51. The van der Waals surface area contributed by atoms with Gasteiger partial charge in [-0.15, -0.1) is 0 Å². The van der Waals surface area contributed by atoms with E-state index in [4.69, 9.17) is 4.74 Å².